The summed E-state index contributed by atoms with van der Waals surface area (Å²) >= 11 is 0. The Labute approximate surface area is 117 Å². The second-order valence-corrected chi connectivity index (χ2v) is 3.44. The minimum Gasteiger partial charge on any atom is -0.383 e. The van der Waals surface area contributed by atoms with Crippen LogP contribution >= 0.6 is 24.0 Å². The maximum atomic E-state index is 5.65. The minimum absolute atomic E-state index is 0. The second-order valence-electron chi connectivity index (χ2n) is 3.44. The van der Waals surface area contributed by atoms with Crippen molar-refractivity contribution in [1.82, 2.24) is 15.5 Å². The molecule has 0 aliphatic heterocycles. The van der Waals surface area contributed by atoms with Gasteiger partial charge in [-0.15, -0.1) is 24.0 Å². The Kier molecular flexibility index (Phi) is 7.79. The monoisotopic (exact) mass is 355 g/mol. The second kappa shape index (κ2) is 8.23. The Bertz CT molecular complexity index is 355. The number of hydrogen-bond donors (Lipinski definition) is 2. The van der Waals surface area contributed by atoms with E-state index in [1.807, 2.05) is 6.92 Å². The van der Waals surface area contributed by atoms with E-state index < -0.39 is 0 Å². The first-order valence-corrected chi connectivity index (χ1v) is 4.96. The van der Waals surface area contributed by atoms with Gasteiger partial charge in [-0.1, -0.05) is 5.16 Å². The lowest BCUT2D eigenvalue weighted by molar-refractivity contribution is 0.179. The normalized spacial score (nSPS) is 13.0. The van der Waals surface area contributed by atoms with Gasteiger partial charge in [-0.25, -0.2) is 4.99 Å². The van der Waals surface area contributed by atoms with Gasteiger partial charge in [0.25, 0.3) is 0 Å². The van der Waals surface area contributed by atoms with E-state index in [-0.39, 0.29) is 36.6 Å². The molecular formula is C9H18IN5O2. The molecule has 0 aliphatic carbocycles. The van der Waals surface area contributed by atoms with Crippen molar-refractivity contribution in [2.45, 2.75) is 26.4 Å². The highest BCUT2D eigenvalue weighted by molar-refractivity contribution is 14.0. The first kappa shape index (κ1) is 16.1. The highest BCUT2D eigenvalue weighted by atomic mass is 127. The van der Waals surface area contributed by atoms with E-state index in [1.165, 1.54) is 0 Å². The molecule has 3 N–H and O–H groups in total. The van der Waals surface area contributed by atoms with Crippen molar-refractivity contribution >= 4 is 29.9 Å². The van der Waals surface area contributed by atoms with Crippen molar-refractivity contribution in [2.24, 2.45) is 10.7 Å². The Balaban J connectivity index is 0.00000256. The van der Waals surface area contributed by atoms with Crippen molar-refractivity contribution in [3.05, 3.63) is 11.7 Å². The molecule has 0 spiro atoms. The number of aliphatic imine (C=N–C) groups is 1. The first-order valence-electron chi connectivity index (χ1n) is 4.96. The van der Waals surface area contributed by atoms with Gasteiger partial charge in [0.05, 0.1) is 6.61 Å². The van der Waals surface area contributed by atoms with E-state index >= 15 is 0 Å². The Morgan fingerprint density at radius 3 is 2.88 bits per heavy atom. The summed E-state index contributed by atoms with van der Waals surface area (Å²) < 4.78 is 9.85. The van der Waals surface area contributed by atoms with Gasteiger partial charge in [-0.2, -0.15) is 4.98 Å². The number of nitrogens with two attached hydrogens (primary N) is 1. The zero-order valence-corrected chi connectivity index (χ0v) is 12.5. The molecule has 0 radical (unpaired) electrons. The number of nitrogens with zero attached hydrogens (tertiary/aromatic N) is 3. The largest absolute Gasteiger partial charge is 0.383 e. The molecule has 17 heavy (non-hydrogen) atoms. The van der Waals surface area contributed by atoms with Crippen LogP contribution in [0.4, 0.5) is 0 Å². The molecule has 8 heteroatoms. The van der Waals surface area contributed by atoms with Crippen molar-refractivity contribution in [3.8, 4) is 0 Å². The van der Waals surface area contributed by atoms with Gasteiger partial charge in [0.2, 0.25) is 5.89 Å². The number of guanidine groups is 1. The molecule has 7 nitrogen and oxygen atoms in total. The molecule has 0 aromatic carbocycles. The molecule has 1 aromatic rings. The van der Waals surface area contributed by atoms with E-state index in [4.69, 9.17) is 15.0 Å². The van der Waals surface area contributed by atoms with Gasteiger partial charge in [0, 0.05) is 13.2 Å². The van der Waals surface area contributed by atoms with Crippen LogP contribution in [0.25, 0.3) is 0 Å². The summed E-state index contributed by atoms with van der Waals surface area (Å²) in [6, 6.07) is 0.109. The Hall–Kier alpha value is -0.900. The van der Waals surface area contributed by atoms with Crippen LogP contribution in [0.1, 0.15) is 18.6 Å². The molecule has 0 bridgehead atoms. The lowest BCUT2D eigenvalue weighted by atomic mass is 10.4. The molecule has 0 aliphatic rings. The number of methoxy groups -OCH3 is 1. The van der Waals surface area contributed by atoms with Crippen LogP contribution < -0.4 is 11.1 Å². The molecule has 0 fully saturated rings. The zero-order chi connectivity index (χ0) is 12.0. The molecule has 0 amide bonds. The third-order valence-corrected chi connectivity index (χ3v) is 1.77. The Morgan fingerprint density at radius 2 is 2.35 bits per heavy atom. The molecule has 0 saturated heterocycles. The predicted octanol–water partition coefficient (Wildman–Crippen LogP) is 0.435. The maximum absolute atomic E-state index is 5.65. The summed E-state index contributed by atoms with van der Waals surface area (Å²) in [6.07, 6.45) is 0. The lowest BCUT2D eigenvalue weighted by Crippen LogP contribution is -2.40. The van der Waals surface area contributed by atoms with Crippen LogP contribution in [0.15, 0.2) is 9.52 Å². The third-order valence-electron chi connectivity index (χ3n) is 1.77. The van der Waals surface area contributed by atoms with E-state index in [2.05, 4.69) is 20.4 Å². The van der Waals surface area contributed by atoms with Crippen LogP contribution in [-0.2, 0) is 11.3 Å². The maximum Gasteiger partial charge on any atom is 0.248 e. The molecule has 0 saturated carbocycles. The summed E-state index contributed by atoms with van der Waals surface area (Å²) in [6.45, 7) is 4.54. The summed E-state index contributed by atoms with van der Waals surface area (Å²) in [7, 11) is 1.63. The lowest BCUT2D eigenvalue weighted by Gasteiger charge is -2.12. The molecular weight excluding hydrogens is 337 g/mol. The van der Waals surface area contributed by atoms with Crippen LogP contribution in [0.3, 0.4) is 0 Å². The molecule has 1 heterocycles. The number of halogens is 1. The summed E-state index contributed by atoms with van der Waals surface area (Å²) in [5.41, 5.74) is 5.65. The van der Waals surface area contributed by atoms with Gasteiger partial charge in [-0.05, 0) is 13.8 Å². The molecule has 1 atom stereocenters. The quantitative estimate of drug-likeness (QED) is 0.452. The molecule has 1 rings (SSSR count). The molecule has 1 unspecified atom stereocenters. The number of rotatable bonds is 5. The topological polar surface area (TPSA) is 98.6 Å². The van der Waals surface area contributed by atoms with Crippen LogP contribution in [-0.4, -0.2) is 35.9 Å². The number of hydrogen-bond acceptors (Lipinski definition) is 5. The van der Waals surface area contributed by atoms with Crippen LogP contribution in [0.5, 0.6) is 0 Å². The molecule has 98 valence electrons. The number of nitrogens with one attached hydrogen (secondary N) is 1. The highest BCUT2D eigenvalue weighted by Crippen LogP contribution is 1.97. The fourth-order valence-electron chi connectivity index (χ4n) is 1.15. The fourth-order valence-corrected chi connectivity index (χ4v) is 1.15. The highest BCUT2D eigenvalue weighted by Gasteiger charge is 2.03. The average molecular weight is 355 g/mol. The van der Waals surface area contributed by atoms with E-state index in [9.17, 15) is 0 Å². The van der Waals surface area contributed by atoms with Gasteiger partial charge in [0.1, 0.15) is 6.54 Å². The standard InChI is InChI=1S/C9H17N5O2.HI/c1-6(5-15-3)12-9(10)11-4-8-13-7(2)14-16-8;/h6H,4-5H2,1-3H3,(H3,10,11,12);1H. The summed E-state index contributed by atoms with van der Waals surface area (Å²) in [5, 5.41) is 6.62. The van der Waals surface area contributed by atoms with E-state index in [1.54, 1.807) is 14.0 Å². The predicted molar refractivity (Wildman–Crippen MR) is 74.3 cm³/mol. The summed E-state index contributed by atoms with van der Waals surface area (Å²) in [4.78, 5) is 8.07. The Morgan fingerprint density at radius 1 is 1.65 bits per heavy atom. The smallest absolute Gasteiger partial charge is 0.248 e. The average Bonchev–Trinajstić information content (AvgIpc) is 2.61. The molecule has 1 aromatic heterocycles. The number of ether oxygens (including phenoxy) is 1. The minimum atomic E-state index is 0. The number of aryl methyl sites for hydroxylation is 1. The zero-order valence-electron chi connectivity index (χ0n) is 10.1. The van der Waals surface area contributed by atoms with Crippen molar-refractivity contribution in [2.75, 3.05) is 13.7 Å². The van der Waals surface area contributed by atoms with E-state index in [0.29, 0.717) is 24.3 Å². The van der Waals surface area contributed by atoms with Crippen LogP contribution in [0, 0.1) is 6.92 Å². The van der Waals surface area contributed by atoms with Gasteiger partial charge in [0.15, 0.2) is 11.8 Å². The van der Waals surface area contributed by atoms with Crippen LogP contribution in [0.2, 0.25) is 0 Å². The van der Waals surface area contributed by atoms with Gasteiger partial charge >= 0.3 is 0 Å². The summed E-state index contributed by atoms with van der Waals surface area (Å²) in [5.74, 6) is 1.37. The third kappa shape index (κ3) is 6.41. The van der Waals surface area contributed by atoms with Crippen molar-refractivity contribution in [3.63, 3.8) is 0 Å². The fraction of sp³-hybridized carbons (Fsp3) is 0.667. The van der Waals surface area contributed by atoms with Crippen molar-refractivity contribution < 1.29 is 9.26 Å². The SMILES string of the molecule is COCC(C)NC(N)=NCc1nc(C)no1.I. The first-order chi connectivity index (χ1) is 7.61. The number of aromatic nitrogens is 2. The van der Waals surface area contributed by atoms with Gasteiger partial charge in [-0.3, -0.25) is 0 Å². The van der Waals surface area contributed by atoms with Crippen molar-refractivity contribution in [1.29, 1.82) is 0 Å². The van der Waals surface area contributed by atoms with E-state index in [0.717, 1.165) is 0 Å². The van der Waals surface area contributed by atoms with Gasteiger partial charge < -0.3 is 20.3 Å².